The summed E-state index contributed by atoms with van der Waals surface area (Å²) >= 11 is 3.46. The van der Waals surface area contributed by atoms with Gasteiger partial charge in [0.1, 0.15) is 17.5 Å². The van der Waals surface area contributed by atoms with Gasteiger partial charge < -0.3 is 10.5 Å². The number of amidine groups is 1. The van der Waals surface area contributed by atoms with Crippen molar-refractivity contribution >= 4 is 21.8 Å². The van der Waals surface area contributed by atoms with Gasteiger partial charge in [-0.15, -0.1) is 0 Å². The van der Waals surface area contributed by atoms with Crippen molar-refractivity contribution in [2.45, 2.75) is 25.5 Å². The lowest BCUT2D eigenvalue weighted by Gasteiger charge is -2.33. The predicted molar refractivity (Wildman–Crippen MR) is 68.5 cm³/mol. The topological polar surface area (TPSA) is 47.6 Å². The number of nitrogens with zero attached hydrogens (tertiary/aromatic N) is 1. The fourth-order valence-electron chi connectivity index (χ4n) is 1.75. The van der Waals surface area contributed by atoms with Crippen LogP contribution in [0.5, 0.6) is 0 Å². The second-order valence-corrected chi connectivity index (χ2v) is 5.19. The maximum Gasteiger partial charge on any atom is 0.124 e. The Bertz CT molecular complexity index is 433. The highest BCUT2D eigenvalue weighted by Gasteiger charge is 2.32. The number of hydrogen-bond acceptors (Lipinski definition) is 3. The molecule has 86 valence electrons. The lowest BCUT2D eigenvalue weighted by atomic mass is 9.92. The molecule has 0 radical (unpaired) electrons. The van der Waals surface area contributed by atoms with Crippen LogP contribution in [-0.2, 0) is 10.3 Å². The van der Waals surface area contributed by atoms with Crippen LogP contribution in [0.3, 0.4) is 0 Å². The van der Waals surface area contributed by atoms with Gasteiger partial charge in [0, 0.05) is 4.47 Å². The van der Waals surface area contributed by atoms with Crippen molar-refractivity contribution in [2.24, 2.45) is 10.7 Å². The van der Waals surface area contributed by atoms with E-state index in [1.54, 1.807) is 0 Å². The normalized spacial score (nSPS) is 29.9. The lowest BCUT2D eigenvalue weighted by molar-refractivity contribution is 0.0548. The van der Waals surface area contributed by atoms with Crippen molar-refractivity contribution in [1.82, 2.24) is 0 Å². The number of halogens is 1. The van der Waals surface area contributed by atoms with Crippen LogP contribution in [-0.4, -0.2) is 18.5 Å². The van der Waals surface area contributed by atoms with Gasteiger partial charge >= 0.3 is 0 Å². The maximum atomic E-state index is 5.84. The molecule has 4 heteroatoms. The summed E-state index contributed by atoms with van der Waals surface area (Å²) in [7, 11) is 0. The molecule has 2 unspecified atom stereocenters. The van der Waals surface area contributed by atoms with E-state index >= 15 is 0 Å². The zero-order valence-corrected chi connectivity index (χ0v) is 11.0. The standard InChI is InChI=1S/C12H15BrN2O/c1-8-11(14)15-12(2,7-16-8)9-4-3-5-10(13)6-9/h3-6,8H,7H2,1-2H3,(H2,14,15). The van der Waals surface area contributed by atoms with Crippen LogP contribution in [0.4, 0.5) is 0 Å². The van der Waals surface area contributed by atoms with Crippen molar-refractivity contribution in [3.8, 4) is 0 Å². The van der Waals surface area contributed by atoms with Crippen molar-refractivity contribution in [2.75, 3.05) is 6.61 Å². The van der Waals surface area contributed by atoms with Gasteiger partial charge in [0.25, 0.3) is 0 Å². The monoisotopic (exact) mass is 282 g/mol. The maximum absolute atomic E-state index is 5.84. The Balaban J connectivity index is 2.40. The van der Waals surface area contributed by atoms with Crippen LogP contribution in [0.2, 0.25) is 0 Å². The minimum absolute atomic E-state index is 0.0831. The second kappa shape index (κ2) is 4.18. The zero-order valence-electron chi connectivity index (χ0n) is 9.40. The number of benzene rings is 1. The summed E-state index contributed by atoms with van der Waals surface area (Å²) in [5, 5.41) is 0. The number of aliphatic imine (C=N–C) groups is 1. The SMILES string of the molecule is CC1OCC(C)(c2cccc(Br)c2)N=C1N. The highest BCUT2D eigenvalue weighted by Crippen LogP contribution is 2.30. The van der Waals surface area contributed by atoms with Gasteiger partial charge in [-0.3, -0.25) is 4.99 Å². The molecule has 16 heavy (non-hydrogen) atoms. The molecule has 1 aromatic rings. The van der Waals surface area contributed by atoms with Crippen LogP contribution >= 0.6 is 15.9 Å². The van der Waals surface area contributed by atoms with Gasteiger partial charge in [-0.1, -0.05) is 28.1 Å². The molecular weight excluding hydrogens is 268 g/mol. The van der Waals surface area contributed by atoms with E-state index in [2.05, 4.69) is 27.0 Å². The molecule has 2 N–H and O–H groups in total. The van der Waals surface area contributed by atoms with E-state index in [1.165, 1.54) is 0 Å². The Morgan fingerprint density at radius 1 is 1.56 bits per heavy atom. The molecule has 1 aliphatic heterocycles. The molecule has 0 spiro atoms. The molecule has 0 fully saturated rings. The molecule has 2 rings (SSSR count). The zero-order chi connectivity index (χ0) is 11.8. The van der Waals surface area contributed by atoms with E-state index in [0.29, 0.717) is 12.4 Å². The average molecular weight is 283 g/mol. The number of hydrogen-bond donors (Lipinski definition) is 1. The smallest absolute Gasteiger partial charge is 0.124 e. The van der Waals surface area contributed by atoms with Gasteiger partial charge in [-0.2, -0.15) is 0 Å². The highest BCUT2D eigenvalue weighted by molar-refractivity contribution is 9.10. The van der Waals surface area contributed by atoms with Crippen molar-refractivity contribution < 1.29 is 4.74 Å². The molecule has 0 bridgehead atoms. The molecule has 0 saturated carbocycles. The predicted octanol–water partition coefficient (Wildman–Crippen LogP) is 2.44. The van der Waals surface area contributed by atoms with E-state index in [0.717, 1.165) is 10.0 Å². The van der Waals surface area contributed by atoms with E-state index in [1.807, 2.05) is 32.0 Å². The fraction of sp³-hybridized carbons (Fsp3) is 0.417. The van der Waals surface area contributed by atoms with Gasteiger partial charge in [0.05, 0.1) is 6.61 Å². The number of ether oxygens (including phenoxy) is 1. The van der Waals surface area contributed by atoms with E-state index in [-0.39, 0.29) is 11.6 Å². The summed E-state index contributed by atoms with van der Waals surface area (Å²) in [6.07, 6.45) is -0.0831. The quantitative estimate of drug-likeness (QED) is 0.860. The lowest BCUT2D eigenvalue weighted by Crippen LogP contribution is -2.42. The van der Waals surface area contributed by atoms with E-state index in [9.17, 15) is 0 Å². The number of nitrogens with two attached hydrogens (primary N) is 1. The summed E-state index contributed by atoms with van der Waals surface area (Å²) < 4.78 is 6.67. The molecular formula is C12H15BrN2O. The Labute approximate surface area is 104 Å². The highest BCUT2D eigenvalue weighted by atomic mass is 79.9. The van der Waals surface area contributed by atoms with Crippen LogP contribution in [0, 0.1) is 0 Å². The molecule has 1 heterocycles. The summed E-state index contributed by atoms with van der Waals surface area (Å²) in [4.78, 5) is 4.56. The first-order valence-electron chi connectivity index (χ1n) is 5.24. The van der Waals surface area contributed by atoms with Crippen LogP contribution in [0.1, 0.15) is 19.4 Å². The van der Waals surface area contributed by atoms with Gasteiger partial charge in [0.15, 0.2) is 0 Å². The fourth-order valence-corrected chi connectivity index (χ4v) is 2.15. The van der Waals surface area contributed by atoms with Crippen molar-refractivity contribution in [3.05, 3.63) is 34.3 Å². The molecule has 0 aromatic heterocycles. The minimum Gasteiger partial charge on any atom is -0.385 e. The summed E-state index contributed by atoms with van der Waals surface area (Å²) in [5.74, 6) is 0.564. The largest absolute Gasteiger partial charge is 0.385 e. The molecule has 1 aromatic carbocycles. The van der Waals surface area contributed by atoms with Gasteiger partial charge in [-0.05, 0) is 31.5 Å². The van der Waals surface area contributed by atoms with Crippen LogP contribution in [0.15, 0.2) is 33.7 Å². The minimum atomic E-state index is -0.375. The summed E-state index contributed by atoms with van der Waals surface area (Å²) in [6.45, 7) is 4.51. The first kappa shape index (κ1) is 11.6. The van der Waals surface area contributed by atoms with Crippen molar-refractivity contribution in [3.63, 3.8) is 0 Å². The molecule has 0 aliphatic carbocycles. The van der Waals surface area contributed by atoms with Gasteiger partial charge in [0.2, 0.25) is 0 Å². The first-order valence-corrected chi connectivity index (χ1v) is 6.03. The molecule has 0 amide bonds. The molecule has 2 atom stereocenters. The molecule has 1 aliphatic rings. The Morgan fingerprint density at radius 3 is 2.94 bits per heavy atom. The Kier molecular flexibility index (Phi) is 3.04. The number of rotatable bonds is 1. The van der Waals surface area contributed by atoms with Crippen LogP contribution < -0.4 is 5.73 Å². The average Bonchev–Trinajstić information content (AvgIpc) is 2.24. The Morgan fingerprint density at radius 2 is 2.31 bits per heavy atom. The van der Waals surface area contributed by atoms with Gasteiger partial charge in [-0.25, -0.2) is 0 Å². The summed E-state index contributed by atoms with van der Waals surface area (Å²) in [6, 6.07) is 8.08. The van der Waals surface area contributed by atoms with E-state index in [4.69, 9.17) is 10.5 Å². The second-order valence-electron chi connectivity index (χ2n) is 4.27. The first-order chi connectivity index (χ1) is 7.51. The van der Waals surface area contributed by atoms with Crippen LogP contribution in [0.25, 0.3) is 0 Å². The van der Waals surface area contributed by atoms with E-state index < -0.39 is 0 Å². The summed E-state index contributed by atoms with van der Waals surface area (Å²) in [5.41, 5.74) is 6.58. The third-order valence-corrected chi connectivity index (χ3v) is 3.35. The van der Waals surface area contributed by atoms with Crippen molar-refractivity contribution in [1.29, 1.82) is 0 Å². The molecule has 0 saturated heterocycles. The molecule has 3 nitrogen and oxygen atoms in total. The Hall–Kier alpha value is -0.870. The third-order valence-electron chi connectivity index (χ3n) is 2.85. The third kappa shape index (κ3) is 2.13.